The molecule has 2 rings (SSSR count). The van der Waals surface area contributed by atoms with Crippen molar-refractivity contribution >= 4 is 34.4 Å². The largest absolute Gasteiger partial charge is 0.507 e. The molecule has 0 fully saturated rings. The van der Waals surface area contributed by atoms with E-state index in [4.69, 9.17) is 11.6 Å². The molecule has 1 heterocycles. The second-order valence-corrected chi connectivity index (χ2v) is 3.24. The number of nitrogens with zero attached hydrogens (tertiary/aromatic N) is 2. The first-order valence-corrected chi connectivity index (χ1v) is 4.46. The summed E-state index contributed by atoms with van der Waals surface area (Å²) in [6.07, 6.45) is 1.36. The van der Waals surface area contributed by atoms with E-state index in [2.05, 4.69) is 9.98 Å². The molecule has 2 aromatic rings. The topological polar surface area (TPSA) is 62.5 Å². The predicted octanol–water partition coefficient (Wildman–Crippen LogP) is 2.56. The molecular formula is C10H5ClN2O2. The Morgan fingerprint density at radius 3 is 3.00 bits per heavy atom. The Kier molecular flexibility index (Phi) is 2.37. The predicted molar refractivity (Wildman–Crippen MR) is 56.2 cm³/mol. The van der Waals surface area contributed by atoms with Crippen molar-refractivity contribution in [3.8, 4) is 5.75 Å². The van der Waals surface area contributed by atoms with E-state index < -0.39 is 0 Å². The Balaban J connectivity index is 2.84. The highest BCUT2D eigenvalue weighted by molar-refractivity contribution is 6.35. The molecule has 5 heteroatoms. The quantitative estimate of drug-likeness (QED) is 0.593. The fourth-order valence-corrected chi connectivity index (χ4v) is 1.58. The molecule has 0 amide bonds. The highest BCUT2D eigenvalue weighted by Gasteiger charge is 2.07. The van der Waals surface area contributed by atoms with E-state index in [0.29, 0.717) is 15.9 Å². The van der Waals surface area contributed by atoms with Crippen molar-refractivity contribution in [2.24, 2.45) is 4.99 Å². The van der Waals surface area contributed by atoms with Crippen LogP contribution in [0.25, 0.3) is 10.9 Å². The molecule has 0 aliphatic heterocycles. The molecule has 74 valence electrons. The van der Waals surface area contributed by atoms with Crippen LogP contribution in [-0.2, 0) is 4.79 Å². The number of hydrogen-bond acceptors (Lipinski definition) is 4. The number of pyridine rings is 1. The number of aromatic nitrogens is 1. The van der Waals surface area contributed by atoms with Gasteiger partial charge in [-0.1, -0.05) is 17.7 Å². The summed E-state index contributed by atoms with van der Waals surface area (Å²) in [5, 5.41) is 10.5. The molecule has 0 unspecified atom stereocenters. The third-order valence-electron chi connectivity index (χ3n) is 1.91. The summed E-state index contributed by atoms with van der Waals surface area (Å²) in [6.45, 7) is 0. The maximum atomic E-state index is 10.0. The summed E-state index contributed by atoms with van der Waals surface area (Å²) in [5.41, 5.74) is 0.483. The first-order valence-electron chi connectivity index (χ1n) is 4.08. The Bertz CT molecular complexity index is 577. The van der Waals surface area contributed by atoms with Crippen LogP contribution in [0.1, 0.15) is 0 Å². The van der Waals surface area contributed by atoms with Crippen LogP contribution in [0.4, 0.5) is 5.82 Å². The number of isocyanates is 1. The van der Waals surface area contributed by atoms with Gasteiger partial charge in [0, 0.05) is 6.07 Å². The lowest BCUT2D eigenvalue weighted by Crippen LogP contribution is -1.81. The van der Waals surface area contributed by atoms with Gasteiger partial charge in [0.25, 0.3) is 0 Å². The number of aromatic hydroxyl groups is 1. The second kappa shape index (κ2) is 3.69. The minimum absolute atomic E-state index is 0.0559. The van der Waals surface area contributed by atoms with Crippen molar-refractivity contribution in [2.75, 3.05) is 0 Å². The Morgan fingerprint density at radius 2 is 2.27 bits per heavy atom. The maximum absolute atomic E-state index is 10.0. The van der Waals surface area contributed by atoms with E-state index in [-0.39, 0.29) is 11.6 Å². The zero-order chi connectivity index (χ0) is 10.8. The van der Waals surface area contributed by atoms with Gasteiger partial charge in [0.15, 0.2) is 5.82 Å². The van der Waals surface area contributed by atoms with Crippen LogP contribution >= 0.6 is 11.6 Å². The maximum Gasteiger partial charge on any atom is 0.242 e. The van der Waals surface area contributed by atoms with Crippen LogP contribution < -0.4 is 0 Å². The fraction of sp³-hybridized carbons (Fsp3) is 0. The van der Waals surface area contributed by atoms with E-state index in [9.17, 15) is 9.90 Å². The van der Waals surface area contributed by atoms with Crippen molar-refractivity contribution in [3.05, 3.63) is 29.3 Å². The summed E-state index contributed by atoms with van der Waals surface area (Å²) < 4.78 is 0. The average molecular weight is 221 g/mol. The molecule has 1 aromatic carbocycles. The Hall–Kier alpha value is -1.90. The Morgan fingerprint density at radius 1 is 1.47 bits per heavy atom. The van der Waals surface area contributed by atoms with Crippen molar-refractivity contribution in [1.82, 2.24) is 4.98 Å². The van der Waals surface area contributed by atoms with Gasteiger partial charge in [-0.3, -0.25) is 0 Å². The van der Waals surface area contributed by atoms with Gasteiger partial charge < -0.3 is 5.11 Å². The summed E-state index contributed by atoms with van der Waals surface area (Å²) in [6, 6.07) is 6.28. The van der Waals surface area contributed by atoms with Gasteiger partial charge in [0.2, 0.25) is 6.08 Å². The SMILES string of the molecule is O=C=Nc1cc(O)c2c(Cl)cccc2n1. The van der Waals surface area contributed by atoms with Gasteiger partial charge in [0.05, 0.1) is 15.9 Å². The molecule has 0 aliphatic carbocycles. The molecule has 0 radical (unpaired) electrons. The molecule has 0 saturated carbocycles. The third-order valence-corrected chi connectivity index (χ3v) is 2.22. The van der Waals surface area contributed by atoms with Crippen LogP contribution in [0.5, 0.6) is 5.75 Å². The zero-order valence-electron chi connectivity index (χ0n) is 7.44. The minimum Gasteiger partial charge on any atom is -0.507 e. The lowest BCUT2D eigenvalue weighted by atomic mass is 10.2. The van der Waals surface area contributed by atoms with Gasteiger partial charge in [0.1, 0.15) is 5.75 Å². The number of fused-ring (bicyclic) bond motifs is 1. The van der Waals surface area contributed by atoms with Crippen LogP contribution in [0.3, 0.4) is 0 Å². The third kappa shape index (κ3) is 1.68. The molecule has 1 N–H and O–H groups in total. The fourth-order valence-electron chi connectivity index (χ4n) is 1.31. The molecule has 0 atom stereocenters. The van der Waals surface area contributed by atoms with E-state index in [1.165, 1.54) is 12.1 Å². The van der Waals surface area contributed by atoms with Crippen LogP contribution in [-0.4, -0.2) is 16.2 Å². The highest BCUT2D eigenvalue weighted by Crippen LogP contribution is 2.32. The second-order valence-electron chi connectivity index (χ2n) is 2.84. The van der Waals surface area contributed by atoms with E-state index >= 15 is 0 Å². The van der Waals surface area contributed by atoms with Gasteiger partial charge in [-0.05, 0) is 12.1 Å². The number of rotatable bonds is 1. The molecule has 0 saturated heterocycles. The number of halogens is 1. The average Bonchev–Trinajstić information content (AvgIpc) is 2.17. The first kappa shape index (κ1) is 9.65. The van der Waals surface area contributed by atoms with Gasteiger partial charge in [-0.15, -0.1) is 4.99 Å². The van der Waals surface area contributed by atoms with Gasteiger partial charge in [-0.2, -0.15) is 0 Å². The summed E-state index contributed by atoms with van der Waals surface area (Å²) in [5.74, 6) is 0.0527. The molecular weight excluding hydrogens is 216 g/mol. The summed E-state index contributed by atoms with van der Waals surface area (Å²) >= 11 is 5.88. The molecule has 0 bridgehead atoms. The highest BCUT2D eigenvalue weighted by atomic mass is 35.5. The lowest BCUT2D eigenvalue weighted by molar-refractivity contribution is 0.481. The lowest BCUT2D eigenvalue weighted by Gasteiger charge is -2.02. The number of hydrogen-bond donors (Lipinski definition) is 1. The van der Waals surface area contributed by atoms with Crippen molar-refractivity contribution < 1.29 is 9.90 Å². The number of aliphatic imine (C=N–C) groups is 1. The smallest absolute Gasteiger partial charge is 0.242 e. The van der Waals surface area contributed by atoms with Crippen molar-refractivity contribution in [2.45, 2.75) is 0 Å². The van der Waals surface area contributed by atoms with Gasteiger partial charge in [-0.25, -0.2) is 9.78 Å². The van der Waals surface area contributed by atoms with E-state index in [1.807, 2.05) is 0 Å². The molecule has 0 spiro atoms. The number of carbonyl (C=O) groups excluding carboxylic acids is 1. The monoisotopic (exact) mass is 220 g/mol. The Labute approximate surface area is 89.9 Å². The van der Waals surface area contributed by atoms with Crippen LogP contribution in [0.2, 0.25) is 5.02 Å². The molecule has 0 aliphatic rings. The minimum atomic E-state index is -0.0559. The standard InChI is InChI=1S/C10H5ClN2O2/c11-6-2-1-3-7-10(6)8(15)4-9(13-7)12-5-14/h1-4H,(H,13,15). The van der Waals surface area contributed by atoms with Crippen molar-refractivity contribution in [3.63, 3.8) is 0 Å². The molecule has 15 heavy (non-hydrogen) atoms. The van der Waals surface area contributed by atoms with E-state index in [1.54, 1.807) is 18.2 Å². The molecule has 4 nitrogen and oxygen atoms in total. The summed E-state index contributed by atoms with van der Waals surface area (Å²) in [7, 11) is 0. The first-order chi connectivity index (χ1) is 7.22. The van der Waals surface area contributed by atoms with Crippen LogP contribution in [0.15, 0.2) is 29.3 Å². The van der Waals surface area contributed by atoms with E-state index in [0.717, 1.165) is 0 Å². The van der Waals surface area contributed by atoms with Gasteiger partial charge >= 0.3 is 0 Å². The number of benzene rings is 1. The summed E-state index contributed by atoms with van der Waals surface area (Å²) in [4.78, 5) is 17.4. The zero-order valence-corrected chi connectivity index (χ0v) is 8.19. The van der Waals surface area contributed by atoms with Crippen molar-refractivity contribution in [1.29, 1.82) is 0 Å². The normalized spacial score (nSPS) is 9.93. The van der Waals surface area contributed by atoms with Crippen LogP contribution in [0, 0.1) is 0 Å². The molecule has 1 aromatic heterocycles.